The first-order chi connectivity index (χ1) is 7.74. The normalized spacial score (nSPS) is 19.9. The maximum Gasteiger partial charge on any atom is 0.141 e. The molecule has 0 saturated carbocycles. The van der Waals surface area contributed by atoms with E-state index in [0.717, 1.165) is 30.7 Å². The molecule has 1 aliphatic rings. The number of hydrogen-bond acceptors (Lipinski definition) is 3. The Morgan fingerprint density at radius 3 is 3.06 bits per heavy atom. The summed E-state index contributed by atoms with van der Waals surface area (Å²) < 4.78 is 5.44. The summed E-state index contributed by atoms with van der Waals surface area (Å²) in [5.74, 6) is 0.225. The summed E-state index contributed by atoms with van der Waals surface area (Å²) in [6.45, 7) is 2.80. The van der Waals surface area contributed by atoms with E-state index in [9.17, 15) is 4.79 Å². The number of aromatic nitrogens is 1. The van der Waals surface area contributed by atoms with Crippen molar-refractivity contribution in [2.24, 2.45) is 0 Å². The number of ether oxygens (including phenoxy) is 1. The van der Waals surface area contributed by atoms with Gasteiger partial charge in [-0.3, -0.25) is 9.78 Å². The zero-order valence-electron chi connectivity index (χ0n) is 9.61. The first-order valence-corrected chi connectivity index (χ1v) is 5.79. The van der Waals surface area contributed by atoms with Crippen LogP contribution >= 0.6 is 0 Å². The summed E-state index contributed by atoms with van der Waals surface area (Å²) in [4.78, 5) is 16.0. The number of ketones is 1. The van der Waals surface area contributed by atoms with Crippen molar-refractivity contribution >= 4 is 5.78 Å². The van der Waals surface area contributed by atoms with E-state index < -0.39 is 0 Å². The van der Waals surface area contributed by atoms with Crippen LogP contribution < -0.4 is 0 Å². The number of pyridine rings is 1. The fourth-order valence-corrected chi connectivity index (χ4v) is 1.94. The molecule has 2 rings (SSSR count). The molecule has 0 aliphatic carbocycles. The van der Waals surface area contributed by atoms with E-state index in [-0.39, 0.29) is 11.9 Å². The molecule has 0 spiro atoms. The maximum atomic E-state index is 11.7. The smallest absolute Gasteiger partial charge is 0.141 e. The molecule has 0 aromatic carbocycles. The van der Waals surface area contributed by atoms with Crippen molar-refractivity contribution in [1.82, 2.24) is 4.98 Å². The van der Waals surface area contributed by atoms with E-state index in [1.807, 2.05) is 19.1 Å². The molecule has 3 heteroatoms. The molecule has 1 aliphatic heterocycles. The minimum atomic E-state index is 0.151. The van der Waals surface area contributed by atoms with Gasteiger partial charge in [-0.05, 0) is 31.4 Å². The monoisotopic (exact) mass is 219 g/mol. The van der Waals surface area contributed by atoms with Crippen LogP contribution in [0.3, 0.4) is 0 Å². The minimum Gasteiger partial charge on any atom is -0.378 e. The summed E-state index contributed by atoms with van der Waals surface area (Å²) in [5.41, 5.74) is 1.98. The molecule has 86 valence electrons. The molecule has 0 N–H and O–H groups in total. The highest BCUT2D eigenvalue weighted by atomic mass is 16.5. The quantitative estimate of drug-likeness (QED) is 0.778. The fraction of sp³-hybridized carbons (Fsp3) is 0.538. The Morgan fingerprint density at radius 2 is 2.44 bits per heavy atom. The number of hydrogen-bond donors (Lipinski definition) is 0. The molecular weight excluding hydrogens is 202 g/mol. The van der Waals surface area contributed by atoms with Gasteiger partial charge in [0.15, 0.2) is 0 Å². The molecule has 3 nitrogen and oxygen atoms in total. The second-order valence-electron chi connectivity index (χ2n) is 4.38. The summed E-state index contributed by atoms with van der Waals surface area (Å²) >= 11 is 0. The first kappa shape index (κ1) is 11.3. The second-order valence-corrected chi connectivity index (χ2v) is 4.38. The van der Waals surface area contributed by atoms with Crippen molar-refractivity contribution in [1.29, 1.82) is 0 Å². The SMILES string of the molecule is Cc1ccc(CC(=O)CC2CCCO2)nc1. The lowest BCUT2D eigenvalue weighted by Crippen LogP contribution is -2.14. The van der Waals surface area contributed by atoms with E-state index in [1.54, 1.807) is 6.20 Å². The van der Waals surface area contributed by atoms with Crippen LogP contribution in [0.5, 0.6) is 0 Å². The number of carbonyl (C=O) groups excluding carboxylic acids is 1. The molecule has 1 atom stereocenters. The van der Waals surface area contributed by atoms with Gasteiger partial charge in [0.25, 0.3) is 0 Å². The zero-order chi connectivity index (χ0) is 11.4. The molecule has 0 amide bonds. The Labute approximate surface area is 95.8 Å². The summed E-state index contributed by atoms with van der Waals surface area (Å²) in [6, 6.07) is 3.91. The molecule has 1 saturated heterocycles. The Kier molecular flexibility index (Phi) is 3.67. The minimum absolute atomic E-state index is 0.151. The number of rotatable bonds is 4. The topological polar surface area (TPSA) is 39.2 Å². The second kappa shape index (κ2) is 5.21. The van der Waals surface area contributed by atoms with Crippen LogP contribution in [0.2, 0.25) is 0 Å². The highest BCUT2D eigenvalue weighted by Crippen LogP contribution is 2.16. The average molecular weight is 219 g/mol. The predicted molar refractivity (Wildman–Crippen MR) is 61.3 cm³/mol. The molecule has 1 unspecified atom stereocenters. The Hall–Kier alpha value is -1.22. The average Bonchev–Trinajstić information content (AvgIpc) is 2.74. The van der Waals surface area contributed by atoms with E-state index in [2.05, 4.69) is 4.98 Å². The Balaban J connectivity index is 1.84. The number of aryl methyl sites for hydroxylation is 1. The molecule has 1 aromatic rings. The van der Waals surface area contributed by atoms with E-state index in [4.69, 9.17) is 4.74 Å². The summed E-state index contributed by atoms with van der Waals surface area (Å²) in [7, 11) is 0. The highest BCUT2D eigenvalue weighted by molar-refractivity contribution is 5.80. The van der Waals surface area contributed by atoms with Gasteiger partial charge in [-0.25, -0.2) is 0 Å². The van der Waals surface area contributed by atoms with Gasteiger partial charge in [0, 0.05) is 31.3 Å². The molecule has 1 aromatic heterocycles. The third-order valence-electron chi connectivity index (χ3n) is 2.83. The van der Waals surface area contributed by atoms with Gasteiger partial charge in [0.2, 0.25) is 0 Å². The van der Waals surface area contributed by atoms with E-state index in [1.165, 1.54) is 0 Å². The molecule has 1 fully saturated rings. The molecule has 0 radical (unpaired) electrons. The Bertz CT molecular complexity index is 353. The molecule has 16 heavy (non-hydrogen) atoms. The van der Waals surface area contributed by atoms with Crippen molar-refractivity contribution in [2.45, 2.75) is 38.7 Å². The van der Waals surface area contributed by atoms with Crippen LogP contribution in [-0.4, -0.2) is 23.5 Å². The van der Waals surface area contributed by atoms with Crippen LogP contribution in [0.4, 0.5) is 0 Å². The van der Waals surface area contributed by atoms with Crippen molar-refractivity contribution in [3.63, 3.8) is 0 Å². The van der Waals surface area contributed by atoms with E-state index in [0.29, 0.717) is 12.8 Å². The zero-order valence-corrected chi connectivity index (χ0v) is 9.61. The number of Topliss-reactive ketones (excluding diaryl/α,β-unsaturated/α-hetero) is 1. The van der Waals surface area contributed by atoms with Crippen molar-refractivity contribution in [2.75, 3.05) is 6.61 Å². The van der Waals surface area contributed by atoms with Crippen LogP contribution in [0.25, 0.3) is 0 Å². The van der Waals surface area contributed by atoms with E-state index >= 15 is 0 Å². The van der Waals surface area contributed by atoms with Crippen LogP contribution in [0.1, 0.15) is 30.5 Å². The van der Waals surface area contributed by atoms with Crippen LogP contribution in [0.15, 0.2) is 18.3 Å². The van der Waals surface area contributed by atoms with Crippen molar-refractivity contribution in [3.8, 4) is 0 Å². The third-order valence-corrected chi connectivity index (χ3v) is 2.83. The lowest BCUT2D eigenvalue weighted by atomic mass is 10.1. The standard InChI is InChI=1S/C13H17NO2/c1-10-4-5-11(14-9-10)7-12(15)8-13-3-2-6-16-13/h4-5,9,13H,2-3,6-8H2,1H3. The number of nitrogens with zero attached hydrogens (tertiary/aromatic N) is 1. The van der Waals surface area contributed by atoms with Crippen molar-refractivity contribution in [3.05, 3.63) is 29.6 Å². The Morgan fingerprint density at radius 1 is 1.56 bits per heavy atom. The predicted octanol–water partition coefficient (Wildman–Crippen LogP) is 2.07. The number of carbonyl (C=O) groups is 1. The van der Waals surface area contributed by atoms with Gasteiger partial charge in [-0.2, -0.15) is 0 Å². The fourth-order valence-electron chi connectivity index (χ4n) is 1.94. The summed E-state index contributed by atoms with van der Waals surface area (Å²) in [6.07, 6.45) is 5.02. The van der Waals surface area contributed by atoms with Gasteiger partial charge in [-0.1, -0.05) is 6.07 Å². The van der Waals surface area contributed by atoms with Gasteiger partial charge >= 0.3 is 0 Å². The third kappa shape index (κ3) is 3.14. The lowest BCUT2D eigenvalue weighted by molar-refractivity contribution is -0.120. The van der Waals surface area contributed by atoms with Crippen molar-refractivity contribution < 1.29 is 9.53 Å². The first-order valence-electron chi connectivity index (χ1n) is 5.79. The van der Waals surface area contributed by atoms with Gasteiger partial charge in [0.05, 0.1) is 6.10 Å². The molecular formula is C13H17NO2. The van der Waals surface area contributed by atoms with Crippen LogP contribution in [-0.2, 0) is 16.0 Å². The van der Waals surface area contributed by atoms with Gasteiger partial charge in [0.1, 0.15) is 5.78 Å². The maximum absolute atomic E-state index is 11.7. The lowest BCUT2D eigenvalue weighted by Gasteiger charge is -2.07. The highest BCUT2D eigenvalue weighted by Gasteiger charge is 2.19. The summed E-state index contributed by atoms with van der Waals surface area (Å²) in [5, 5.41) is 0. The van der Waals surface area contributed by atoms with Gasteiger partial charge < -0.3 is 4.74 Å². The van der Waals surface area contributed by atoms with Crippen LogP contribution in [0, 0.1) is 6.92 Å². The molecule has 2 heterocycles. The largest absolute Gasteiger partial charge is 0.378 e. The van der Waals surface area contributed by atoms with Gasteiger partial charge in [-0.15, -0.1) is 0 Å². The molecule has 0 bridgehead atoms.